The van der Waals surface area contributed by atoms with Crippen LogP contribution in [0.2, 0.25) is 0 Å². The van der Waals surface area contributed by atoms with E-state index in [0.29, 0.717) is 6.42 Å². The van der Waals surface area contributed by atoms with Crippen molar-refractivity contribution in [2.45, 2.75) is 19.4 Å². The monoisotopic (exact) mass is 202 g/mol. The number of hydrogen-bond acceptors (Lipinski definition) is 2. The molecule has 2 rings (SSSR count). The maximum Gasteiger partial charge on any atom is 0.166 e. The Labute approximate surface area is 88.3 Å². The Morgan fingerprint density at radius 1 is 1.47 bits per heavy atom. The fourth-order valence-corrected chi connectivity index (χ4v) is 1.70. The number of hydrogen-bond donors (Lipinski definition) is 2. The number of nitrogens with two attached hydrogens (primary N) is 1. The zero-order valence-corrected chi connectivity index (χ0v) is 8.66. The fourth-order valence-electron chi connectivity index (χ4n) is 1.70. The highest BCUT2D eigenvalue weighted by molar-refractivity contribution is 6.07. The van der Waals surface area contributed by atoms with Crippen LogP contribution >= 0.6 is 0 Å². The first-order valence-corrected chi connectivity index (χ1v) is 5.03. The molecule has 0 saturated carbocycles. The van der Waals surface area contributed by atoms with Crippen molar-refractivity contribution >= 4 is 16.7 Å². The van der Waals surface area contributed by atoms with Gasteiger partial charge < -0.3 is 10.7 Å². The van der Waals surface area contributed by atoms with Crippen LogP contribution in [0, 0.1) is 0 Å². The molecule has 0 fully saturated rings. The topological polar surface area (TPSA) is 58.9 Å². The summed E-state index contributed by atoms with van der Waals surface area (Å²) in [5.41, 5.74) is 7.34. The number of ketones is 1. The zero-order chi connectivity index (χ0) is 10.8. The average Bonchev–Trinajstić information content (AvgIpc) is 2.59. The van der Waals surface area contributed by atoms with Crippen molar-refractivity contribution in [1.29, 1.82) is 0 Å². The number of rotatable bonds is 3. The molecule has 0 amide bonds. The van der Waals surface area contributed by atoms with E-state index in [1.54, 1.807) is 6.20 Å². The predicted octanol–water partition coefficient (Wildman–Crippen LogP) is 2.09. The Hall–Kier alpha value is -1.61. The molecule has 3 nitrogen and oxygen atoms in total. The smallest absolute Gasteiger partial charge is 0.166 e. The highest BCUT2D eigenvalue weighted by Crippen LogP contribution is 2.19. The first kappa shape index (κ1) is 9.93. The summed E-state index contributed by atoms with van der Waals surface area (Å²) in [6.45, 7) is 1.84. The normalized spacial score (nSPS) is 12.9. The van der Waals surface area contributed by atoms with Crippen molar-refractivity contribution in [3.05, 3.63) is 36.0 Å². The van der Waals surface area contributed by atoms with E-state index >= 15 is 0 Å². The summed E-state index contributed by atoms with van der Waals surface area (Å²) < 4.78 is 0. The lowest BCUT2D eigenvalue weighted by atomic mass is 10.0. The average molecular weight is 202 g/mol. The third kappa shape index (κ3) is 1.92. The Morgan fingerprint density at radius 2 is 2.20 bits per heavy atom. The number of nitrogens with one attached hydrogen (secondary N) is 1. The summed E-state index contributed by atoms with van der Waals surface area (Å²) in [5.74, 6) is 0.0995. The fraction of sp³-hybridized carbons (Fsp3) is 0.250. The third-order valence-electron chi connectivity index (χ3n) is 2.40. The minimum absolute atomic E-state index is 0.0915. The van der Waals surface area contributed by atoms with Crippen molar-refractivity contribution in [2.75, 3.05) is 0 Å². The summed E-state index contributed by atoms with van der Waals surface area (Å²) in [6, 6.07) is 7.68. The zero-order valence-electron chi connectivity index (χ0n) is 8.66. The quantitative estimate of drug-likeness (QED) is 0.749. The molecule has 0 aliphatic heterocycles. The van der Waals surface area contributed by atoms with Crippen molar-refractivity contribution in [3.63, 3.8) is 0 Å². The highest BCUT2D eigenvalue weighted by Gasteiger charge is 2.12. The number of fused-ring (bicyclic) bond motifs is 1. The third-order valence-corrected chi connectivity index (χ3v) is 2.40. The van der Waals surface area contributed by atoms with Gasteiger partial charge in [0.25, 0.3) is 0 Å². The van der Waals surface area contributed by atoms with Crippen molar-refractivity contribution < 1.29 is 4.79 Å². The van der Waals surface area contributed by atoms with E-state index < -0.39 is 0 Å². The van der Waals surface area contributed by atoms with Crippen LogP contribution in [-0.4, -0.2) is 16.8 Å². The van der Waals surface area contributed by atoms with Gasteiger partial charge in [-0.15, -0.1) is 0 Å². The molecule has 0 spiro atoms. The van der Waals surface area contributed by atoms with Crippen LogP contribution in [0.5, 0.6) is 0 Å². The molecule has 3 N–H and O–H groups in total. The molecule has 1 aromatic heterocycles. The summed E-state index contributed by atoms with van der Waals surface area (Å²) in [5, 5.41) is 0.975. The van der Waals surface area contributed by atoms with E-state index in [0.717, 1.165) is 16.5 Å². The summed E-state index contributed by atoms with van der Waals surface area (Å²) in [4.78, 5) is 14.9. The van der Waals surface area contributed by atoms with Gasteiger partial charge in [-0.05, 0) is 13.0 Å². The second kappa shape index (κ2) is 3.87. The van der Waals surface area contributed by atoms with Gasteiger partial charge in [-0.3, -0.25) is 4.79 Å². The second-order valence-electron chi connectivity index (χ2n) is 3.85. The van der Waals surface area contributed by atoms with E-state index in [4.69, 9.17) is 5.73 Å². The van der Waals surface area contributed by atoms with Crippen LogP contribution in [-0.2, 0) is 0 Å². The van der Waals surface area contributed by atoms with Crippen LogP contribution in [0.15, 0.2) is 30.5 Å². The SMILES string of the molecule is CC(N)CC(=O)c1c[nH]c2ccccc12. The number of aromatic nitrogens is 1. The van der Waals surface area contributed by atoms with Gasteiger partial charge in [0.2, 0.25) is 0 Å². The minimum Gasteiger partial charge on any atom is -0.360 e. The second-order valence-corrected chi connectivity index (χ2v) is 3.85. The molecule has 1 unspecified atom stereocenters. The highest BCUT2D eigenvalue weighted by atomic mass is 16.1. The van der Waals surface area contributed by atoms with E-state index in [2.05, 4.69) is 4.98 Å². The molecule has 0 saturated heterocycles. The summed E-state index contributed by atoms with van der Waals surface area (Å²) in [6.07, 6.45) is 2.15. The van der Waals surface area contributed by atoms with Gasteiger partial charge in [-0.2, -0.15) is 0 Å². The van der Waals surface area contributed by atoms with Crippen LogP contribution in [0.3, 0.4) is 0 Å². The van der Waals surface area contributed by atoms with E-state index in [-0.39, 0.29) is 11.8 Å². The Kier molecular flexibility index (Phi) is 2.56. The summed E-state index contributed by atoms with van der Waals surface area (Å²) >= 11 is 0. The number of carbonyl (C=O) groups excluding carboxylic acids is 1. The molecule has 15 heavy (non-hydrogen) atoms. The van der Waals surface area contributed by atoms with E-state index in [1.807, 2.05) is 31.2 Å². The molecule has 78 valence electrons. The van der Waals surface area contributed by atoms with Crippen LogP contribution in [0.1, 0.15) is 23.7 Å². The molecule has 0 bridgehead atoms. The molecule has 3 heteroatoms. The van der Waals surface area contributed by atoms with Gasteiger partial charge in [0.1, 0.15) is 0 Å². The minimum atomic E-state index is -0.0915. The number of Topliss-reactive ketones (excluding diaryl/α,β-unsaturated/α-hetero) is 1. The van der Waals surface area contributed by atoms with Gasteiger partial charge >= 0.3 is 0 Å². The van der Waals surface area contributed by atoms with Gasteiger partial charge in [-0.25, -0.2) is 0 Å². The van der Waals surface area contributed by atoms with Crippen molar-refractivity contribution in [3.8, 4) is 0 Å². The number of aromatic amines is 1. The standard InChI is InChI=1S/C12H14N2O/c1-8(13)6-12(15)10-7-14-11-5-3-2-4-9(10)11/h2-5,7-8,14H,6,13H2,1H3. The molecule has 1 heterocycles. The lowest BCUT2D eigenvalue weighted by Crippen LogP contribution is -2.19. The Balaban J connectivity index is 2.40. The Morgan fingerprint density at radius 3 is 2.93 bits per heavy atom. The van der Waals surface area contributed by atoms with Crippen molar-refractivity contribution in [1.82, 2.24) is 4.98 Å². The van der Waals surface area contributed by atoms with Crippen LogP contribution in [0.4, 0.5) is 0 Å². The molecule has 0 aliphatic rings. The molecule has 2 aromatic rings. The van der Waals surface area contributed by atoms with Crippen LogP contribution in [0.25, 0.3) is 10.9 Å². The van der Waals surface area contributed by atoms with Gasteiger partial charge in [0.05, 0.1) is 0 Å². The van der Waals surface area contributed by atoms with Gasteiger partial charge in [0, 0.05) is 35.1 Å². The Bertz CT molecular complexity index is 485. The number of para-hydroxylation sites is 1. The first-order valence-electron chi connectivity index (χ1n) is 5.03. The molecule has 1 aromatic carbocycles. The van der Waals surface area contributed by atoms with Gasteiger partial charge in [-0.1, -0.05) is 18.2 Å². The maximum absolute atomic E-state index is 11.8. The number of benzene rings is 1. The summed E-state index contributed by atoms with van der Waals surface area (Å²) in [7, 11) is 0. The maximum atomic E-state index is 11.8. The molecular weight excluding hydrogens is 188 g/mol. The first-order chi connectivity index (χ1) is 7.18. The predicted molar refractivity (Wildman–Crippen MR) is 60.9 cm³/mol. The molecule has 1 atom stereocenters. The van der Waals surface area contributed by atoms with Crippen LogP contribution < -0.4 is 5.73 Å². The van der Waals surface area contributed by atoms with E-state index in [1.165, 1.54) is 0 Å². The number of H-pyrrole nitrogens is 1. The van der Waals surface area contributed by atoms with Crippen molar-refractivity contribution in [2.24, 2.45) is 5.73 Å². The number of carbonyl (C=O) groups is 1. The molecule has 0 aliphatic carbocycles. The largest absolute Gasteiger partial charge is 0.360 e. The van der Waals surface area contributed by atoms with E-state index in [9.17, 15) is 4.79 Å². The lowest BCUT2D eigenvalue weighted by Gasteiger charge is -2.02. The molecular formula is C12H14N2O. The molecule has 0 radical (unpaired) electrons. The lowest BCUT2D eigenvalue weighted by molar-refractivity contribution is 0.0978. The van der Waals surface area contributed by atoms with Gasteiger partial charge in [0.15, 0.2) is 5.78 Å².